The molecule has 10 heteroatoms. The highest BCUT2D eigenvalue weighted by Crippen LogP contribution is 2.33. The molecule has 1 unspecified atom stereocenters. The van der Waals surface area contributed by atoms with Gasteiger partial charge in [0, 0.05) is 19.5 Å². The van der Waals surface area contributed by atoms with Crippen LogP contribution in [0.3, 0.4) is 0 Å². The van der Waals surface area contributed by atoms with Crippen LogP contribution >= 0.6 is 0 Å². The maximum absolute atomic E-state index is 12.9. The van der Waals surface area contributed by atoms with Gasteiger partial charge in [-0.1, -0.05) is 19.1 Å². The van der Waals surface area contributed by atoms with E-state index in [-0.39, 0.29) is 30.3 Å². The summed E-state index contributed by atoms with van der Waals surface area (Å²) in [6, 6.07) is 7.74. The Morgan fingerprint density at radius 3 is 2.50 bits per heavy atom. The van der Waals surface area contributed by atoms with Gasteiger partial charge in [0.1, 0.15) is 17.6 Å². The van der Waals surface area contributed by atoms with Gasteiger partial charge in [0.05, 0.1) is 5.92 Å². The number of carboxylic acid groups (broad SMARTS) is 1. The highest BCUT2D eigenvalue weighted by Gasteiger charge is 2.54. The highest BCUT2D eigenvalue weighted by molar-refractivity contribution is 6.08. The second kappa shape index (κ2) is 8.89. The summed E-state index contributed by atoms with van der Waals surface area (Å²) in [4.78, 5) is 41.7. The van der Waals surface area contributed by atoms with E-state index in [0.29, 0.717) is 18.1 Å². The number of aromatic nitrogens is 1. The number of rotatable bonds is 8. The number of likely N-dealkylation sites (tertiary alicyclic amines) is 1. The van der Waals surface area contributed by atoms with Crippen LogP contribution in [0.1, 0.15) is 37.3 Å². The van der Waals surface area contributed by atoms with E-state index in [4.69, 9.17) is 5.73 Å². The van der Waals surface area contributed by atoms with Crippen molar-refractivity contribution in [3.05, 3.63) is 53.7 Å². The van der Waals surface area contributed by atoms with Gasteiger partial charge < -0.3 is 15.6 Å². The highest BCUT2D eigenvalue weighted by atomic mass is 19.3. The third-order valence-corrected chi connectivity index (χ3v) is 5.26. The Morgan fingerprint density at radius 2 is 1.94 bits per heavy atom. The number of imide groups is 1. The van der Waals surface area contributed by atoms with Crippen molar-refractivity contribution in [3.8, 4) is 5.75 Å². The number of anilines is 1. The molecule has 0 spiro atoms. The fraction of sp³-hybridized carbons (Fsp3) is 0.364. The maximum atomic E-state index is 12.9. The SMILES string of the molecule is CC(CC(=O)N1C(=O)[C@H](Cc2ccnc(N)c2)[C@H]1C(=O)O)c1ccc(OC(C)(F)F)cc1. The van der Waals surface area contributed by atoms with Crippen LogP contribution in [0.4, 0.5) is 14.6 Å². The lowest BCUT2D eigenvalue weighted by atomic mass is 9.81. The molecule has 1 aliphatic heterocycles. The van der Waals surface area contributed by atoms with E-state index >= 15 is 0 Å². The average Bonchev–Trinajstić information content (AvgIpc) is 2.68. The minimum Gasteiger partial charge on any atom is -0.480 e. The van der Waals surface area contributed by atoms with Gasteiger partial charge in [-0.25, -0.2) is 9.78 Å². The Bertz CT molecular complexity index is 1020. The Labute approximate surface area is 183 Å². The normalized spacial score (nSPS) is 19.2. The number of benzene rings is 1. The van der Waals surface area contributed by atoms with Gasteiger partial charge in [-0.05, 0) is 47.7 Å². The number of β-lactam (4-membered cyclic amide) rings is 1. The lowest BCUT2D eigenvalue weighted by Crippen LogP contribution is -2.66. The number of hydrogen-bond donors (Lipinski definition) is 2. The summed E-state index contributed by atoms with van der Waals surface area (Å²) in [5, 5.41) is 9.59. The number of pyridine rings is 1. The van der Waals surface area contributed by atoms with Crippen LogP contribution < -0.4 is 10.5 Å². The van der Waals surface area contributed by atoms with Gasteiger partial charge in [-0.2, -0.15) is 8.78 Å². The number of carboxylic acids is 1. The van der Waals surface area contributed by atoms with E-state index in [1.165, 1.54) is 18.3 Å². The number of nitrogens with two attached hydrogens (primary N) is 1. The molecule has 3 N–H and O–H groups in total. The molecule has 2 heterocycles. The molecular formula is C22H23F2N3O5. The van der Waals surface area contributed by atoms with E-state index < -0.39 is 35.9 Å². The predicted octanol–water partition coefficient (Wildman–Crippen LogP) is 2.83. The number of alkyl halides is 2. The molecule has 170 valence electrons. The van der Waals surface area contributed by atoms with E-state index in [1.807, 2.05) is 0 Å². The van der Waals surface area contributed by atoms with Gasteiger partial charge in [-0.3, -0.25) is 14.5 Å². The Kier molecular flexibility index (Phi) is 6.42. The summed E-state index contributed by atoms with van der Waals surface area (Å²) < 4.78 is 30.4. The molecule has 0 saturated carbocycles. The lowest BCUT2D eigenvalue weighted by molar-refractivity contribution is -0.177. The van der Waals surface area contributed by atoms with Crippen LogP contribution in [0.15, 0.2) is 42.6 Å². The van der Waals surface area contributed by atoms with Gasteiger partial charge in [0.2, 0.25) is 11.8 Å². The van der Waals surface area contributed by atoms with Crippen LogP contribution in [0.2, 0.25) is 0 Å². The van der Waals surface area contributed by atoms with E-state index in [2.05, 4.69) is 9.72 Å². The quantitative estimate of drug-likeness (QED) is 0.597. The molecule has 0 aliphatic carbocycles. The summed E-state index contributed by atoms with van der Waals surface area (Å²) in [6.45, 7) is 2.35. The van der Waals surface area contributed by atoms with Crippen molar-refractivity contribution in [2.45, 2.75) is 44.8 Å². The molecule has 3 rings (SSSR count). The van der Waals surface area contributed by atoms with Crippen LogP contribution in [0.25, 0.3) is 0 Å². The largest absolute Gasteiger partial charge is 0.480 e. The number of aliphatic carboxylic acids is 1. The number of amides is 2. The molecular weight excluding hydrogens is 424 g/mol. The molecule has 2 aromatic rings. The fourth-order valence-electron chi connectivity index (χ4n) is 3.73. The Morgan fingerprint density at radius 1 is 1.28 bits per heavy atom. The van der Waals surface area contributed by atoms with Gasteiger partial charge in [0.25, 0.3) is 0 Å². The predicted molar refractivity (Wildman–Crippen MR) is 110 cm³/mol. The fourth-order valence-corrected chi connectivity index (χ4v) is 3.73. The molecule has 8 nitrogen and oxygen atoms in total. The van der Waals surface area contributed by atoms with E-state index in [0.717, 1.165) is 4.90 Å². The number of ether oxygens (including phenoxy) is 1. The van der Waals surface area contributed by atoms with Gasteiger partial charge >= 0.3 is 12.1 Å². The molecule has 3 atom stereocenters. The van der Waals surface area contributed by atoms with Crippen molar-refractivity contribution in [1.82, 2.24) is 9.88 Å². The molecule has 1 aromatic heterocycles. The van der Waals surface area contributed by atoms with Crippen LogP contribution in [0, 0.1) is 5.92 Å². The van der Waals surface area contributed by atoms with Gasteiger partial charge in [-0.15, -0.1) is 0 Å². The monoisotopic (exact) mass is 447 g/mol. The number of halogens is 2. The van der Waals surface area contributed by atoms with Crippen molar-refractivity contribution < 1.29 is 33.0 Å². The lowest BCUT2D eigenvalue weighted by Gasteiger charge is -2.43. The second-order valence-electron chi connectivity index (χ2n) is 7.87. The third-order valence-electron chi connectivity index (χ3n) is 5.26. The number of carbonyl (C=O) groups is 3. The first-order chi connectivity index (χ1) is 15.0. The van der Waals surface area contributed by atoms with Crippen molar-refractivity contribution in [2.75, 3.05) is 5.73 Å². The standard InChI is InChI=1S/C22H23F2N3O5/c1-12(14-3-5-15(6-4-14)32-22(2,23)24)9-18(28)27-19(21(30)31)16(20(27)29)10-13-7-8-26-17(25)11-13/h3-8,11-12,16,19H,9-10H2,1-2H3,(H2,25,26)(H,30,31)/t12?,16-,19+/m1/s1. The smallest absolute Gasteiger partial charge is 0.394 e. The van der Waals surface area contributed by atoms with Crippen molar-refractivity contribution in [2.24, 2.45) is 5.92 Å². The van der Waals surface area contributed by atoms with E-state index in [9.17, 15) is 28.3 Å². The first-order valence-corrected chi connectivity index (χ1v) is 9.92. The summed E-state index contributed by atoms with van der Waals surface area (Å²) in [5.74, 6) is -3.45. The van der Waals surface area contributed by atoms with Crippen molar-refractivity contribution >= 4 is 23.6 Å². The summed E-state index contributed by atoms with van der Waals surface area (Å²) in [6.07, 6.45) is -1.84. The molecule has 0 bridgehead atoms. The first kappa shape index (κ1) is 23.1. The Hall–Kier alpha value is -3.56. The summed E-state index contributed by atoms with van der Waals surface area (Å²) in [7, 11) is 0. The molecule has 2 amide bonds. The second-order valence-corrected chi connectivity index (χ2v) is 7.87. The topological polar surface area (TPSA) is 123 Å². The molecule has 1 saturated heterocycles. The van der Waals surface area contributed by atoms with Gasteiger partial charge in [0.15, 0.2) is 0 Å². The maximum Gasteiger partial charge on any atom is 0.394 e. The van der Waals surface area contributed by atoms with E-state index in [1.54, 1.807) is 31.2 Å². The molecule has 1 fully saturated rings. The number of nitrogens with zero attached hydrogens (tertiary/aromatic N) is 2. The first-order valence-electron chi connectivity index (χ1n) is 9.92. The zero-order chi connectivity index (χ0) is 23.6. The van der Waals surface area contributed by atoms with Crippen LogP contribution in [-0.4, -0.2) is 44.9 Å². The van der Waals surface area contributed by atoms with Crippen molar-refractivity contribution in [3.63, 3.8) is 0 Å². The third kappa shape index (κ3) is 5.19. The molecule has 32 heavy (non-hydrogen) atoms. The minimum absolute atomic E-state index is 0.0248. The average molecular weight is 447 g/mol. The minimum atomic E-state index is -3.31. The van der Waals surface area contributed by atoms with Crippen LogP contribution in [0.5, 0.6) is 5.75 Å². The molecule has 0 radical (unpaired) electrons. The summed E-state index contributed by atoms with van der Waals surface area (Å²) >= 11 is 0. The zero-order valence-corrected chi connectivity index (χ0v) is 17.5. The molecule has 1 aliphatic rings. The number of hydrogen-bond acceptors (Lipinski definition) is 6. The van der Waals surface area contributed by atoms with Crippen molar-refractivity contribution in [1.29, 1.82) is 0 Å². The van der Waals surface area contributed by atoms with Crippen LogP contribution in [-0.2, 0) is 20.8 Å². The zero-order valence-electron chi connectivity index (χ0n) is 17.5. The number of carbonyl (C=O) groups excluding carboxylic acids is 2. The summed E-state index contributed by atoms with van der Waals surface area (Å²) in [5.41, 5.74) is 6.94. The Balaban J connectivity index is 1.66. The number of nitrogen functional groups attached to an aromatic ring is 1. The molecule has 1 aromatic carbocycles.